The lowest BCUT2D eigenvalue weighted by atomic mass is 10.1. The average molecular weight is 314 g/mol. The molecular weight excluding hydrogens is 296 g/mol. The molecule has 0 radical (unpaired) electrons. The van der Waals surface area contributed by atoms with Crippen LogP contribution in [0.25, 0.3) is 10.9 Å². The summed E-state index contributed by atoms with van der Waals surface area (Å²) in [4.78, 5) is 10.7. The molecule has 0 aliphatic heterocycles. The summed E-state index contributed by atoms with van der Waals surface area (Å²) >= 11 is 3.61. The molecule has 108 valence electrons. The highest BCUT2D eigenvalue weighted by molar-refractivity contribution is 8.00. The van der Waals surface area contributed by atoms with Crippen LogP contribution < -0.4 is 0 Å². The van der Waals surface area contributed by atoms with Gasteiger partial charge in [0.2, 0.25) is 0 Å². The van der Waals surface area contributed by atoms with E-state index in [4.69, 9.17) is 9.97 Å². The minimum absolute atomic E-state index is 0.930. The minimum Gasteiger partial charge on any atom is -0.253 e. The first-order valence-corrected chi connectivity index (χ1v) is 8.92. The van der Waals surface area contributed by atoms with Gasteiger partial charge < -0.3 is 0 Å². The topological polar surface area (TPSA) is 25.8 Å². The van der Waals surface area contributed by atoms with Crippen LogP contribution in [-0.4, -0.2) is 9.97 Å². The van der Waals surface area contributed by atoms with Gasteiger partial charge in [-0.1, -0.05) is 36.9 Å². The maximum Gasteiger partial charge on any atom is 0.150 e. The molecule has 4 heteroatoms. The molecule has 3 aromatic rings. The average Bonchev–Trinajstić information content (AvgIpc) is 2.85. The van der Waals surface area contributed by atoms with Gasteiger partial charge in [0.1, 0.15) is 0 Å². The van der Waals surface area contributed by atoms with Crippen LogP contribution in [0.15, 0.2) is 34.7 Å². The Morgan fingerprint density at radius 3 is 2.71 bits per heavy atom. The molecule has 0 unspecified atom stereocenters. The number of fused-ring (bicyclic) bond motifs is 1. The summed E-state index contributed by atoms with van der Waals surface area (Å²) in [7, 11) is 0. The zero-order valence-corrected chi connectivity index (χ0v) is 14.1. The second-order valence-corrected chi connectivity index (χ2v) is 7.48. The minimum atomic E-state index is 0.930. The summed E-state index contributed by atoms with van der Waals surface area (Å²) in [5.41, 5.74) is 4.72. The third kappa shape index (κ3) is 3.11. The molecule has 0 spiro atoms. The lowest BCUT2D eigenvalue weighted by Crippen LogP contribution is -1.92. The molecule has 0 N–H and O–H groups in total. The quantitative estimate of drug-likeness (QED) is 0.622. The number of aryl methyl sites for hydroxylation is 3. The summed E-state index contributed by atoms with van der Waals surface area (Å²) in [6.45, 7) is 6.41. The van der Waals surface area contributed by atoms with Gasteiger partial charge in [-0.25, -0.2) is 4.98 Å². The molecular formula is C17H18N2S2. The van der Waals surface area contributed by atoms with E-state index >= 15 is 0 Å². The predicted molar refractivity (Wildman–Crippen MR) is 92.3 cm³/mol. The van der Waals surface area contributed by atoms with E-state index in [2.05, 4.69) is 45.0 Å². The van der Waals surface area contributed by atoms with E-state index in [1.54, 1.807) is 11.3 Å². The van der Waals surface area contributed by atoms with Gasteiger partial charge >= 0.3 is 0 Å². The lowest BCUT2D eigenvalue weighted by molar-refractivity contribution is 1.01. The van der Waals surface area contributed by atoms with Crippen molar-refractivity contribution in [2.24, 2.45) is 0 Å². The van der Waals surface area contributed by atoms with Gasteiger partial charge in [0.05, 0.1) is 11.2 Å². The lowest BCUT2D eigenvalue weighted by Gasteiger charge is -2.06. The monoisotopic (exact) mass is 314 g/mol. The number of pyridine rings is 1. The third-order valence-corrected chi connectivity index (χ3v) is 5.78. The van der Waals surface area contributed by atoms with Crippen LogP contribution in [0.4, 0.5) is 0 Å². The molecule has 0 amide bonds. The third-order valence-electron chi connectivity index (χ3n) is 3.58. The van der Waals surface area contributed by atoms with Crippen molar-refractivity contribution in [1.29, 1.82) is 0 Å². The van der Waals surface area contributed by atoms with Gasteiger partial charge in [-0.15, -0.1) is 11.3 Å². The maximum atomic E-state index is 4.70. The zero-order chi connectivity index (χ0) is 14.8. The van der Waals surface area contributed by atoms with E-state index in [9.17, 15) is 0 Å². The van der Waals surface area contributed by atoms with Gasteiger partial charge in [-0.2, -0.15) is 0 Å². The van der Waals surface area contributed by atoms with Crippen LogP contribution in [0.3, 0.4) is 0 Å². The van der Waals surface area contributed by atoms with Crippen molar-refractivity contribution in [2.75, 3.05) is 0 Å². The molecule has 0 aliphatic rings. The van der Waals surface area contributed by atoms with Gasteiger partial charge in [0.15, 0.2) is 4.34 Å². The van der Waals surface area contributed by atoms with Crippen LogP contribution in [-0.2, 0) is 12.2 Å². The summed E-state index contributed by atoms with van der Waals surface area (Å²) in [5, 5.41) is 1.21. The molecule has 2 aromatic heterocycles. The maximum absolute atomic E-state index is 4.70. The standard InChI is InChI=1S/C17H18N2S2/c1-4-15-12(3)21-17(19-15)20-10-14-9-13-7-5-6-8-16(13)18-11(14)2/h5-9H,4,10H2,1-3H3. The van der Waals surface area contributed by atoms with Crippen molar-refractivity contribution in [3.05, 3.63) is 52.2 Å². The molecule has 0 fully saturated rings. The summed E-state index contributed by atoms with van der Waals surface area (Å²) in [6, 6.07) is 10.5. The number of thiazole rings is 1. The number of para-hydroxylation sites is 1. The Morgan fingerprint density at radius 2 is 1.95 bits per heavy atom. The summed E-state index contributed by atoms with van der Waals surface area (Å²) in [5.74, 6) is 0.930. The highest BCUT2D eigenvalue weighted by Crippen LogP contribution is 2.30. The van der Waals surface area contributed by atoms with Crippen molar-refractivity contribution in [2.45, 2.75) is 37.3 Å². The normalized spacial score (nSPS) is 11.2. The van der Waals surface area contributed by atoms with Crippen LogP contribution in [0.1, 0.15) is 28.8 Å². The molecule has 0 bridgehead atoms. The Morgan fingerprint density at radius 1 is 1.14 bits per heavy atom. The first-order chi connectivity index (χ1) is 10.2. The number of nitrogens with zero attached hydrogens (tertiary/aromatic N) is 2. The largest absolute Gasteiger partial charge is 0.253 e. The number of hydrogen-bond acceptors (Lipinski definition) is 4. The van der Waals surface area contributed by atoms with E-state index in [0.29, 0.717) is 0 Å². The summed E-state index contributed by atoms with van der Waals surface area (Å²) in [6.07, 6.45) is 1.01. The second kappa shape index (κ2) is 6.16. The Labute approximate surface area is 133 Å². The van der Waals surface area contributed by atoms with Crippen LogP contribution >= 0.6 is 23.1 Å². The molecule has 1 aromatic carbocycles. The second-order valence-electron chi connectivity index (χ2n) is 5.05. The molecule has 0 atom stereocenters. The molecule has 0 aliphatic carbocycles. The number of rotatable bonds is 4. The Balaban J connectivity index is 1.82. The van der Waals surface area contributed by atoms with Gasteiger partial charge in [-0.3, -0.25) is 4.98 Å². The van der Waals surface area contributed by atoms with E-state index < -0.39 is 0 Å². The number of benzene rings is 1. The SMILES string of the molecule is CCc1nc(SCc2cc3ccccc3nc2C)sc1C. The van der Waals surface area contributed by atoms with Crippen molar-refractivity contribution in [3.63, 3.8) is 0 Å². The Bertz CT molecular complexity index is 778. The first-order valence-electron chi connectivity index (χ1n) is 7.11. The number of aromatic nitrogens is 2. The molecule has 0 saturated carbocycles. The van der Waals surface area contributed by atoms with Gasteiger partial charge in [-0.05, 0) is 38.0 Å². The molecule has 2 nitrogen and oxygen atoms in total. The van der Waals surface area contributed by atoms with Crippen LogP contribution in [0.5, 0.6) is 0 Å². The highest BCUT2D eigenvalue weighted by atomic mass is 32.2. The fourth-order valence-electron chi connectivity index (χ4n) is 2.33. The van der Waals surface area contributed by atoms with E-state index in [0.717, 1.165) is 27.7 Å². The fraction of sp³-hybridized carbons (Fsp3) is 0.294. The first kappa shape index (κ1) is 14.5. The van der Waals surface area contributed by atoms with E-state index in [1.807, 2.05) is 17.8 Å². The van der Waals surface area contributed by atoms with Crippen LogP contribution in [0.2, 0.25) is 0 Å². The van der Waals surface area contributed by atoms with Crippen molar-refractivity contribution in [3.8, 4) is 0 Å². The summed E-state index contributed by atoms with van der Waals surface area (Å²) < 4.78 is 1.16. The predicted octanol–water partition coefficient (Wildman–Crippen LogP) is 5.16. The zero-order valence-electron chi connectivity index (χ0n) is 12.5. The van der Waals surface area contributed by atoms with Gasteiger partial charge in [0.25, 0.3) is 0 Å². The number of hydrogen-bond donors (Lipinski definition) is 0. The van der Waals surface area contributed by atoms with Crippen molar-refractivity contribution < 1.29 is 0 Å². The molecule has 0 saturated heterocycles. The molecule has 3 rings (SSSR count). The smallest absolute Gasteiger partial charge is 0.150 e. The van der Waals surface area contributed by atoms with Gasteiger partial charge in [0, 0.05) is 21.7 Å². The highest BCUT2D eigenvalue weighted by Gasteiger charge is 2.08. The Hall–Kier alpha value is -1.39. The fourth-order valence-corrected chi connectivity index (χ4v) is 4.59. The molecule has 21 heavy (non-hydrogen) atoms. The van der Waals surface area contributed by atoms with E-state index in [1.165, 1.54) is 21.5 Å². The van der Waals surface area contributed by atoms with Crippen molar-refractivity contribution >= 4 is 34.0 Å². The van der Waals surface area contributed by atoms with E-state index in [-0.39, 0.29) is 0 Å². The van der Waals surface area contributed by atoms with Crippen LogP contribution in [0, 0.1) is 13.8 Å². The number of thioether (sulfide) groups is 1. The Kier molecular flexibility index (Phi) is 4.27. The molecule has 2 heterocycles. The van der Waals surface area contributed by atoms with Crippen molar-refractivity contribution in [1.82, 2.24) is 9.97 Å².